The summed E-state index contributed by atoms with van der Waals surface area (Å²) in [5, 5.41) is 15.3. The summed E-state index contributed by atoms with van der Waals surface area (Å²) >= 11 is 3.26. The molecule has 0 atom stereocenters. The monoisotopic (exact) mass is 344 g/mol. The molecule has 2 amide bonds. The van der Waals surface area contributed by atoms with Crippen LogP contribution in [0.2, 0.25) is 0 Å². The first-order valence-electron chi connectivity index (χ1n) is 6.67. The lowest BCUT2D eigenvalue weighted by Crippen LogP contribution is -2.44. The number of urea groups is 1. The number of benzene rings is 1. The number of aliphatic hydroxyl groups is 1. The van der Waals surface area contributed by atoms with Gasteiger partial charge in [-0.1, -0.05) is 28.8 Å². The Bertz CT molecular complexity index is 490. The van der Waals surface area contributed by atoms with E-state index in [4.69, 9.17) is 0 Å². The van der Waals surface area contributed by atoms with Crippen LogP contribution in [0.15, 0.2) is 22.7 Å². The molecule has 0 spiro atoms. The predicted octanol–water partition coefficient (Wildman–Crippen LogP) is 2.69. The van der Waals surface area contributed by atoms with Crippen LogP contribution >= 0.6 is 15.9 Å². The van der Waals surface area contributed by atoms with Crippen molar-refractivity contribution in [3.05, 3.63) is 34.1 Å². The number of carbonyl (C=O) groups excluding carboxylic acids is 1. The Morgan fingerprint density at radius 2 is 2.05 bits per heavy atom. The number of amides is 2. The molecule has 1 aliphatic rings. The first-order valence-corrected chi connectivity index (χ1v) is 7.46. The molecule has 1 fully saturated rings. The van der Waals surface area contributed by atoms with Crippen molar-refractivity contribution in [1.82, 2.24) is 10.6 Å². The molecule has 0 aromatic heterocycles. The quantitative estimate of drug-likeness (QED) is 0.786. The van der Waals surface area contributed by atoms with Crippen LogP contribution in [0.5, 0.6) is 0 Å². The highest BCUT2D eigenvalue weighted by Crippen LogP contribution is 2.28. The molecule has 3 N–H and O–H groups in total. The zero-order chi connectivity index (χ0) is 14.6. The maximum atomic E-state index is 13.5. The Labute approximate surface area is 125 Å². The Kier molecular flexibility index (Phi) is 4.99. The van der Waals surface area contributed by atoms with Gasteiger partial charge in [-0.2, -0.15) is 0 Å². The van der Waals surface area contributed by atoms with Gasteiger partial charge >= 0.3 is 6.03 Å². The molecule has 1 aromatic carbocycles. The van der Waals surface area contributed by atoms with E-state index in [1.165, 1.54) is 6.07 Å². The third-order valence-electron chi connectivity index (χ3n) is 3.56. The molecule has 2 rings (SSSR count). The van der Waals surface area contributed by atoms with Crippen molar-refractivity contribution in [3.8, 4) is 0 Å². The van der Waals surface area contributed by atoms with Crippen molar-refractivity contribution in [1.29, 1.82) is 0 Å². The maximum Gasteiger partial charge on any atom is 0.315 e. The van der Waals surface area contributed by atoms with Gasteiger partial charge in [0.05, 0.1) is 5.60 Å². The van der Waals surface area contributed by atoms with Crippen LogP contribution in [0.25, 0.3) is 0 Å². The summed E-state index contributed by atoms with van der Waals surface area (Å²) in [6.07, 6.45) is 3.41. The van der Waals surface area contributed by atoms with E-state index in [0.717, 1.165) is 17.3 Å². The fourth-order valence-electron chi connectivity index (χ4n) is 2.37. The molecule has 0 saturated heterocycles. The standard InChI is InChI=1S/C14H18BrFN2O2/c15-11-3-4-12(16)10(7-11)8-17-13(19)18-9-14(20)5-1-2-6-14/h3-4,7,20H,1-2,5-6,8-9H2,(H2,17,18,19). The van der Waals surface area contributed by atoms with Crippen LogP contribution in [0.4, 0.5) is 9.18 Å². The number of rotatable bonds is 4. The third-order valence-corrected chi connectivity index (χ3v) is 4.05. The molecule has 0 unspecified atom stereocenters. The fourth-order valence-corrected chi connectivity index (χ4v) is 2.78. The van der Waals surface area contributed by atoms with Gasteiger partial charge in [-0.25, -0.2) is 9.18 Å². The molecular weight excluding hydrogens is 327 g/mol. The lowest BCUT2D eigenvalue weighted by Gasteiger charge is -2.22. The summed E-state index contributed by atoms with van der Waals surface area (Å²) in [7, 11) is 0. The lowest BCUT2D eigenvalue weighted by atomic mass is 10.0. The van der Waals surface area contributed by atoms with Crippen molar-refractivity contribution < 1.29 is 14.3 Å². The van der Waals surface area contributed by atoms with Crippen molar-refractivity contribution in [3.63, 3.8) is 0 Å². The topological polar surface area (TPSA) is 61.4 Å². The molecular formula is C14H18BrFN2O2. The molecule has 1 aromatic rings. The predicted molar refractivity (Wildman–Crippen MR) is 77.8 cm³/mol. The van der Waals surface area contributed by atoms with Gasteiger partial charge in [0.25, 0.3) is 0 Å². The minimum Gasteiger partial charge on any atom is -0.388 e. The van der Waals surface area contributed by atoms with E-state index in [2.05, 4.69) is 26.6 Å². The van der Waals surface area contributed by atoms with Gasteiger partial charge in [0.2, 0.25) is 0 Å². The van der Waals surface area contributed by atoms with E-state index in [-0.39, 0.29) is 18.9 Å². The number of hydrogen-bond acceptors (Lipinski definition) is 2. The summed E-state index contributed by atoms with van der Waals surface area (Å²) in [6, 6.07) is 4.18. The van der Waals surface area contributed by atoms with Gasteiger partial charge < -0.3 is 15.7 Å². The third kappa shape index (κ3) is 4.18. The maximum absolute atomic E-state index is 13.5. The van der Waals surface area contributed by atoms with Gasteiger partial charge in [0.1, 0.15) is 5.82 Å². The van der Waals surface area contributed by atoms with Crippen LogP contribution in [-0.4, -0.2) is 23.3 Å². The van der Waals surface area contributed by atoms with E-state index in [0.29, 0.717) is 18.4 Å². The number of hydrogen-bond donors (Lipinski definition) is 3. The van der Waals surface area contributed by atoms with Crippen LogP contribution in [0.1, 0.15) is 31.2 Å². The Balaban J connectivity index is 1.79. The molecule has 20 heavy (non-hydrogen) atoms. The van der Waals surface area contributed by atoms with E-state index in [1.54, 1.807) is 12.1 Å². The molecule has 110 valence electrons. The average molecular weight is 345 g/mol. The zero-order valence-corrected chi connectivity index (χ0v) is 12.7. The fraction of sp³-hybridized carbons (Fsp3) is 0.500. The Morgan fingerprint density at radius 3 is 2.75 bits per heavy atom. The lowest BCUT2D eigenvalue weighted by molar-refractivity contribution is 0.0501. The van der Waals surface area contributed by atoms with E-state index in [1.807, 2.05) is 0 Å². The van der Waals surface area contributed by atoms with Gasteiger partial charge in [0, 0.05) is 23.1 Å². The van der Waals surface area contributed by atoms with Gasteiger partial charge in [-0.15, -0.1) is 0 Å². The summed E-state index contributed by atoms with van der Waals surface area (Å²) < 4.78 is 14.2. The van der Waals surface area contributed by atoms with E-state index in [9.17, 15) is 14.3 Å². The molecule has 4 nitrogen and oxygen atoms in total. The van der Waals surface area contributed by atoms with Crippen molar-refractivity contribution in [2.45, 2.75) is 37.8 Å². The van der Waals surface area contributed by atoms with Crippen molar-refractivity contribution >= 4 is 22.0 Å². The molecule has 1 aliphatic carbocycles. The zero-order valence-electron chi connectivity index (χ0n) is 11.1. The van der Waals surface area contributed by atoms with Crippen molar-refractivity contribution in [2.75, 3.05) is 6.54 Å². The number of nitrogens with one attached hydrogen (secondary N) is 2. The largest absolute Gasteiger partial charge is 0.388 e. The number of carbonyl (C=O) groups is 1. The minimum absolute atomic E-state index is 0.107. The first kappa shape index (κ1) is 15.3. The van der Waals surface area contributed by atoms with Gasteiger partial charge in [-0.3, -0.25) is 0 Å². The second-order valence-corrected chi connectivity index (χ2v) is 6.12. The summed E-state index contributed by atoms with van der Waals surface area (Å²) in [6.45, 7) is 0.343. The van der Waals surface area contributed by atoms with Gasteiger partial charge in [-0.05, 0) is 31.0 Å². The number of halogens is 2. The van der Waals surface area contributed by atoms with Crippen LogP contribution in [0, 0.1) is 5.82 Å². The smallest absolute Gasteiger partial charge is 0.315 e. The van der Waals surface area contributed by atoms with Crippen molar-refractivity contribution in [2.24, 2.45) is 0 Å². The average Bonchev–Trinajstić information content (AvgIpc) is 2.85. The second-order valence-electron chi connectivity index (χ2n) is 5.20. The molecule has 1 saturated carbocycles. The molecule has 0 heterocycles. The van der Waals surface area contributed by atoms with Gasteiger partial charge in [0.15, 0.2) is 0 Å². The molecule has 0 radical (unpaired) electrons. The van der Waals surface area contributed by atoms with Crippen LogP contribution in [-0.2, 0) is 6.54 Å². The van der Waals surface area contributed by atoms with E-state index >= 15 is 0 Å². The molecule has 0 bridgehead atoms. The normalized spacial score (nSPS) is 16.9. The van der Waals surface area contributed by atoms with Crippen LogP contribution in [0.3, 0.4) is 0 Å². The molecule has 0 aliphatic heterocycles. The molecule has 6 heteroatoms. The Morgan fingerprint density at radius 1 is 1.35 bits per heavy atom. The summed E-state index contributed by atoms with van der Waals surface area (Å²) in [5.74, 6) is -0.358. The second kappa shape index (κ2) is 6.54. The van der Waals surface area contributed by atoms with E-state index < -0.39 is 11.6 Å². The van der Waals surface area contributed by atoms with Crippen LogP contribution < -0.4 is 10.6 Å². The minimum atomic E-state index is -0.779. The highest BCUT2D eigenvalue weighted by molar-refractivity contribution is 9.10. The summed E-state index contributed by atoms with van der Waals surface area (Å²) in [5.41, 5.74) is -0.368. The SMILES string of the molecule is O=C(NCc1cc(Br)ccc1F)NCC1(O)CCCC1. The Hall–Kier alpha value is -1.14. The highest BCUT2D eigenvalue weighted by atomic mass is 79.9. The highest BCUT2D eigenvalue weighted by Gasteiger charge is 2.31. The summed E-state index contributed by atoms with van der Waals surface area (Å²) in [4.78, 5) is 11.6. The first-order chi connectivity index (χ1) is 9.48.